The highest BCUT2D eigenvalue weighted by Gasteiger charge is 2.32. The van der Waals surface area contributed by atoms with E-state index in [1.165, 1.54) is 0 Å². The Hall–Kier alpha value is -1.17. The Morgan fingerprint density at radius 2 is 2.36 bits per heavy atom. The Balaban J connectivity index is 1.73. The summed E-state index contributed by atoms with van der Waals surface area (Å²) in [7, 11) is 0. The van der Waals surface area contributed by atoms with Crippen LogP contribution in [0.3, 0.4) is 0 Å². The summed E-state index contributed by atoms with van der Waals surface area (Å²) in [6.45, 7) is 5.24. The molecular weight excluding hydrogens is 298 g/mol. The van der Waals surface area contributed by atoms with Crippen molar-refractivity contribution in [2.45, 2.75) is 31.9 Å². The van der Waals surface area contributed by atoms with Crippen LogP contribution in [0, 0.1) is 0 Å². The third kappa shape index (κ3) is 3.26. The molecular formula is C17H23NO3S. The lowest BCUT2D eigenvalue weighted by Gasteiger charge is -2.23. The summed E-state index contributed by atoms with van der Waals surface area (Å²) >= 11 is 1.81. The van der Waals surface area contributed by atoms with Crippen molar-refractivity contribution in [1.82, 2.24) is 5.32 Å². The van der Waals surface area contributed by atoms with Gasteiger partial charge in [-0.2, -0.15) is 11.8 Å². The molecule has 0 radical (unpaired) electrons. The number of hydrogen-bond acceptors (Lipinski definition) is 5. The molecule has 1 aromatic heterocycles. The topological polar surface area (TPSA) is 54.6 Å². The van der Waals surface area contributed by atoms with Crippen LogP contribution < -0.4 is 10.1 Å². The molecule has 1 saturated heterocycles. The van der Waals surface area contributed by atoms with E-state index in [2.05, 4.69) is 12.2 Å². The quantitative estimate of drug-likeness (QED) is 0.854. The first kappa shape index (κ1) is 15.7. The average molecular weight is 321 g/mol. The van der Waals surface area contributed by atoms with Gasteiger partial charge in [0, 0.05) is 17.7 Å². The second-order valence-corrected chi connectivity index (χ2v) is 6.99. The van der Waals surface area contributed by atoms with Crippen molar-refractivity contribution in [3.8, 4) is 5.75 Å². The van der Waals surface area contributed by atoms with Crippen LogP contribution in [0.4, 0.5) is 0 Å². The molecule has 4 nitrogen and oxygen atoms in total. The molecule has 2 unspecified atom stereocenters. The van der Waals surface area contributed by atoms with Crippen LogP contribution in [0.25, 0.3) is 11.0 Å². The molecule has 1 aliphatic rings. The maximum Gasteiger partial charge on any atom is 0.176 e. The number of furan rings is 1. The zero-order chi connectivity index (χ0) is 15.6. The van der Waals surface area contributed by atoms with E-state index in [-0.39, 0.29) is 6.04 Å². The SMILES string of the molecule is CCOc1cccc2cc(C(C)NCC3(O)CCSC3)oc12. The number of para-hydroxylation sites is 1. The van der Waals surface area contributed by atoms with Gasteiger partial charge in [-0.1, -0.05) is 12.1 Å². The maximum atomic E-state index is 10.4. The van der Waals surface area contributed by atoms with Crippen molar-refractivity contribution in [2.24, 2.45) is 0 Å². The van der Waals surface area contributed by atoms with Crippen molar-refractivity contribution in [2.75, 3.05) is 24.7 Å². The summed E-state index contributed by atoms with van der Waals surface area (Å²) in [6, 6.07) is 8.03. The zero-order valence-electron chi connectivity index (χ0n) is 13.1. The molecule has 0 saturated carbocycles. The Bertz CT molecular complexity index is 634. The number of benzene rings is 1. The van der Waals surface area contributed by atoms with Gasteiger partial charge in [0.1, 0.15) is 5.76 Å². The lowest BCUT2D eigenvalue weighted by atomic mass is 10.0. The van der Waals surface area contributed by atoms with Gasteiger partial charge < -0.3 is 19.6 Å². The zero-order valence-corrected chi connectivity index (χ0v) is 13.9. The van der Waals surface area contributed by atoms with E-state index in [0.29, 0.717) is 13.2 Å². The Kier molecular flexibility index (Phi) is 4.66. The van der Waals surface area contributed by atoms with Crippen molar-refractivity contribution < 1.29 is 14.3 Å². The Morgan fingerprint density at radius 3 is 3.09 bits per heavy atom. The lowest BCUT2D eigenvalue weighted by Crippen LogP contribution is -2.41. The average Bonchev–Trinajstić information content (AvgIpc) is 3.13. The number of rotatable bonds is 6. The predicted octanol–water partition coefficient (Wildman–Crippen LogP) is 3.35. The molecule has 120 valence electrons. The molecule has 2 aromatic rings. The van der Waals surface area contributed by atoms with Crippen molar-refractivity contribution >= 4 is 22.7 Å². The number of nitrogens with one attached hydrogen (secondary N) is 1. The molecule has 3 rings (SSSR count). The fourth-order valence-corrected chi connectivity index (χ4v) is 4.01. The maximum absolute atomic E-state index is 10.4. The third-order valence-corrected chi connectivity index (χ3v) is 5.31. The van der Waals surface area contributed by atoms with Gasteiger partial charge in [-0.25, -0.2) is 0 Å². The highest BCUT2D eigenvalue weighted by atomic mass is 32.2. The fraction of sp³-hybridized carbons (Fsp3) is 0.529. The van der Waals surface area contributed by atoms with Gasteiger partial charge in [0.05, 0.1) is 18.2 Å². The summed E-state index contributed by atoms with van der Waals surface area (Å²) in [5, 5.41) is 14.8. The number of hydrogen-bond donors (Lipinski definition) is 2. The summed E-state index contributed by atoms with van der Waals surface area (Å²) in [4.78, 5) is 0. The van der Waals surface area contributed by atoms with E-state index in [0.717, 1.165) is 40.4 Å². The van der Waals surface area contributed by atoms with E-state index in [9.17, 15) is 5.11 Å². The summed E-state index contributed by atoms with van der Waals surface area (Å²) in [6.07, 6.45) is 0.853. The monoisotopic (exact) mass is 321 g/mol. The molecule has 1 aliphatic heterocycles. The predicted molar refractivity (Wildman–Crippen MR) is 90.7 cm³/mol. The Labute approximate surface area is 135 Å². The number of ether oxygens (including phenoxy) is 1. The minimum absolute atomic E-state index is 0.0523. The molecule has 2 N–H and O–H groups in total. The van der Waals surface area contributed by atoms with Gasteiger partial charge in [0.15, 0.2) is 11.3 Å². The van der Waals surface area contributed by atoms with Gasteiger partial charge in [-0.15, -0.1) is 0 Å². The van der Waals surface area contributed by atoms with Crippen LogP contribution in [-0.2, 0) is 0 Å². The van der Waals surface area contributed by atoms with Gasteiger partial charge in [-0.3, -0.25) is 0 Å². The smallest absolute Gasteiger partial charge is 0.176 e. The molecule has 0 aliphatic carbocycles. The minimum Gasteiger partial charge on any atom is -0.490 e. The second kappa shape index (κ2) is 6.52. The van der Waals surface area contributed by atoms with Crippen LogP contribution in [0.2, 0.25) is 0 Å². The number of thioether (sulfide) groups is 1. The highest BCUT2D eigenvalue weighted by Crippen LogP contribution is 2.32. The van der Waals surface area contributed by atoms with E-state index in [1.54, 1.807) is 0 Å². The van der Waals surface area contributed by atoms with Gasteiger partial charge >= 0.3 is 0 Å². The van der Waals surface area contributed by atoms with Crippen molar-refractivity contribution in [1.29, 1.82) is 0 Å². The van der Waals surface area contributed by atoms with Crippen LogP contribution in [-0.4, -0.2) is 35.4 Å². The van der Waals surface area contributed by atoms with Crippen LogP contribution in [0.15, 0.2) is 28.7 Å². The molecule has 0 amide bonds. The van der Waals surface area contributed by atoms with E-state index in [1.807, 2.05) is 43.0 Å². The Morgan fingerprint density at radius 1 is 1.50 bits per heavy atom. The number of aliphatic hydroxyl groups is 1. The number of fused-ring (bicyclic) bond motifs is 1. The fourth-order valence-electron chi connectivity index (χ4n) is 2.72. The first-order chi connectivity index (χ1) is 10.6. The molecule has 1 aromatic carbocycles. The van der Waals surface area contributed by atoms with E-state index in [4.69, 9.17) is 9.15 Å². The van der Waals surface area contributed by atoms with Gasteiger partial charge in [0.25, 0.3) is 0 Å². The second-order valence-electron chi connectivity index (χ2n) is 5.89. The van der Waals surface area contributed by atoms with Crippen molar-refractivity contribution in [3.63, 3.8) is 0 Å². The third-order valence-electron chi connectivity index (χ3n) is 4.07. The largest absolute Gasteiger partial charge is 0.490 e. The molecule has 2 atom stereocenters. The molecule has 2 heterocycles. The molecule has 5 heteroatoms. The summed E-state index contributed by atoms with van der Waals surface area (Å²) in [5.41, 5.74) is 0.213. The minimum atomic E-state index is -0.582. The van der Waals surface area contributed by atoms with Gasteiger partial charge in [0.2, 0.25) is 0 Å². The molecule has 22 heavy (non-hydrogen) atoms. The first-order valence-electron chi connectivity index (χ1n) is 7.80. The molecule has 0 spiro atoms. The normalized spacial score (nSPS) is 23.0. The van der Waals surface area contributed by atoms with Crippen LogP contribution in [0.1, 0.15) is 32.1 Å². The standard InChI is InChI=1S/C17H23NO3S/c1-3-20-14-6-4-5-13-9-15(21-16(13)14)12(2)18-10-17(19)7-8-22-11-17/h4-6,9,12,18-19H,3,7-8,10-11H2,1-2H3. The van der Waals surface area contributed by atoms with E-state index >= 15 is 0 Å². The summed E-state index contributed by atoms with van der Waals surface area (Å²) in [5.74, 6) is 3.50. The van der Waals surface area contributed by atoms with Crippen LogP contribution >= 0.6 is 11.8 Å². The van der Waals surface area contributed by atoms with Crippen molar-refractivity contribution in [3.05, 3.63) is 30.0 Å². The first-order valence-corrected chi connectivity index (χ1v) is 8.95. The highest BCUT2D eigenvalue weighted by molar-refractivity contribution is 7.99. The van der Waals surface area contributed by atoms with Gasteiger partial charge in [-0.05, 0) is 38.2 Å². The lowest BCUT2D eigenvalue weighted by molar-refractivity contribution is 0.0644. The molecule has 1 fully saturated rings. The van der Waals surface area contributed by atoms with Crippen LogP contribution in [0.5, 0.6) is 5.75 Å². The molecule has 0 bridgehead atoms. The van der Waals surface area contributed by atoms with E-state index < -0.39 is 5.60 Å². The summed E-state index contributed by atoms with van der Waals surface area (Å²) < 4.78 is 11.6.